The molecule has 0 aliphatic rings. The van der Waals surface area contributed by atoms with Crippen molar-refractivity contribution in [3.05, 3.63) is 39.9 Å². The van der Waals surface area contributed by atoms with Gasteiger partial charge in [-0.05, 0) is 20.3 Å². The van der Waals surface area contributed by atoms with Gasteiger partial charge >= 0.3 is 5.97 Å². The molecule has 8 nitrogen and oxygen atoms in total. The summed E-state index contributed by atoms with van der Waals surface area (Å²) in [7, 11) is 1.40. The number of esters is 1. The molecule has 2 atom stereocenters. The van der Waals surface area contributed by atoms with Gasteiger partial charge in [-0.2, -0.15) is 0 Å². The average Bonchev–Trinajstić information content (AvgIpc) is 2.54. The van der Waals surface area contributed by atoms with E-state index in [1.54, 1.807) is 26.8 Å². The van der Waals surface area contributed by atoms with Gasteiger partial charge < -0.3 is 14.8 Å². The van der Waals surface area contributed by atoms with Crippen LogP contribution in [0.15, 0.2) is 24.3 Å². The molecule has 0 heterocycles. The van der Waals surface area contributed by atoms with E-state index >= 15 is 0 Å². The van der Waals surface area contributed by atoms with Gasteiger partial charge in [0, 0.05) is 13.2 Å². The van der Waals surface area contributed by atoms with Crippen molar-refractivity contribution >= 4 is 17.6 Å². The number of benzene rings is 1. The van der Waals surface area contributed by atoms with E-state index in [-0.39, 0.29) is 23.8 Å². The summed E-state index contributed by atoms with van der Waals surface area (Å²) in [6, 6.07) is 5.10. The standard InChI is InChI=1S/C17H24N2O6/c1-5-15(24-4)17(21)18-13(10-16(20)25-11(2)3)12-8-6-7-9-14(12)19(22)23/h6-9,11,13,15H,5,10H2,1-4H3,(H,18,21). The van der Waals surface area contributed by atoms with Gasteiger partial charge in [0.25, 0.3) is 5.69 Å². The lowest BCUT2D eigenvalue weighted by Crippen LogP contribution is -2.39. The molecule has 0 fully saturated rings. The van der Waals surface area contributed by atoms with Gasteiger partial charge in [0.15, 0.2) is 0 Å². The molecule has 0 aliphatic carbocycles. The van der Waals surface area contributed by atoms with Crippen LogP contribution in [0.25, 0.3) is 0 Å². The molecule has 138 valence electrons. The van der Waals surface area contributed by atoms with Crippen LogP contribution < -0.4 is 5.32 Å². The average molecular weight is 352 g/mol. The molecule has 0 bridgehead atoms. The third-order valence-electron chi connectivity index (χ3n) is 3.51. The third kappa shape index (κ3) is 6.15. The van der Waals surface area contributed by atoms with E-state index in [1.807, 2.05) is 0 Å². The highest BCUT2D eigenvalue weighted by molar-refractivity contribution is 5.82. The highest BCUT2D eigenvalue weighted by Gasteiger charge is 2.28. The maximum Gasteiger partial charge on any atom is 0.308 e. The Balaban J connectivity index is 3.13. The van der Waals surface area contributed by atoms with Gasteiger partial charge in [-0.25, -0.2) is 0 Å². The van der Waals surface area contributed by atoms with Crippen molar-refractivity contribution in [2.75, 3.05) is 7.11 Å². The van der Waals surface area contributed by atoms with Gasteiger partial charge in [-0.15, -0.1) is 0 Å². The molecule has 1 rings (SSSR count). The lowest BCUT2D eigenvalue weighted by atomic mass is 10.0. The first-order valence-corrected chi connectivity index (χ1v) is 8.06. The molecule has 0 radical (unpaired) electrons. The predicted octanol–water partition coefficient (Wildman–Crippen LogP) is 2.52. The Morgan fingerprint density at radius 2 is 1.92 bits per heavy atom. The van der Waals surface area contributed by atoms with Crippen molar-refractivity contribution in [2.45, 2.75) is 51.9 Å². The molecule has 0 spiro atoms. The summed E-state index contributed by atoms with van der Waals surface area (Å²) in [5.74, 6) is -0.991. The zero-order valence-electron chi connectivity index (χ0n) is 14.9. The SMILES string of the molecule is CCC(OC)C(=O)NC(CC(=O)OC(C)C)c1ccccc1[N+](=O)[O-]. The summed E-state index contributed by atoms with van der Waals surface area (Å²) in [5, 5.41) is 13.9. The van der Waals surface area contributed by atoms with E-state index in [0.717, 1.165) is 0 Å². The van der Waals surface area contributed by atoms with Crippen molar-refractivity contribution < 1.29 is 24.0 Å². The van der Waals surface area contributed by atoms with Crippen molar-refractivity contribution in [3.63, 3.8) is 0 Å². The zero-order chi connectivity index (χ0) is 19.0. The van der Waals surface area contributed by atoms with Crippen molar-refractivity contribution in [3.8, 4) is 0 Å². The minimum atomic E-state index is -0.885. The number of carbonyl (C=O) groups is 2. The van der Waals surface area contributed by atoms with Gasteiger partial charge in [0.05, 0.1) is 29.1 Å². The molecular weight excluding hydrogens is 328 g/mol. The van der Waals surface area contributed by atoms with Crippen LogP contribution in [-0.2, 0) is 19.1 Å². The fourth-order valence-corrected chi connectivity index (χ4v) is 2.39. The van der Waals surface area contributed by atoms with Crippen LogP contribution >= 0.6 is 0 Å². The lowest BCUT2D eigenvalue weighted by Gasteiger charge is -2.22. The normalized spacial score (nSPS) is 13.2. The van der Waals surface area contributed by atoms with Crippen molar-refractivity contribution in [1.29, 1.82) is 0 Å². The fraction of sp³-hybridized carbons (Fsp3) is 0.529. The minimum Gasteiger partial charge on any atom is -0.463 e. The van der Waals surface area contributed by atoms with Gasteiger partial charge in [0.2, 0.25) is 5.91 Å². The number of amides is 1. The molecule has 0 aliphatic heterocycles. The van der Waals surface area contributed by atoms with Crippen LogP contribution in [0.5, 0.6) is 0 Å². The number of hydrogen-bond donors (Lipinski definition) is 1. The number of nitro benzene ring substituents is 1. The summed E-state index contributed by atoms with van der Waals surface area (Å²) in [4.78, 5) is 35.1. The molecular formula is C17H24N2O6. The Kier molecular flexibility index (Phi) is 8.00. The van der Waals surface area contributed by atoms with E-state index in [2.05, 4.69) is 5.32 Å². The number of nitro groups is 1. The third-order valence-corrected chi connectivity index (χ3v) is 3.51. The summed E-state index contributed by atoms with van der Waals surface area (Å²) in [6.07, 6.45) is -0.805. The largest absolute Gasteiger partial charge is 0.463 e. The second-order valence-corrected chi connectivity index (χ2v) is 5.75. The highest BCUT2D eigenvalue weighted by Crippen LogP contribution is 2.27. The zero-order valence-corrected chi connectivity index (χ0v) is 14.9. The highest BCUT2D eigenvalue weighted by atomic mass is 16.6. The Labute approximate surface area is 146 Å². The molecule has 1 aromatic carbocycles. The molecule has 1 aromatic rings. The second-order valence-electron chi connectivity index (χ2n) is 5.75. The number of hydrogen-bond acceptors (Lipinski definition) is 6. The predicted molar refractivity (Wildman–Crippen MR) is 90.9 cm³/mol. The maximum absolute atomic E-state index is 12.3. The Hall–Kier alpha value is -2.48. The number of nitrogens with one attached hydrogen (secondary N) is 1. The van der Waals surface area contributed by atoms with Crippen LogP contribution in [0.2, 0.25) is 0 Å². The molecule has 0 saturated heterocycles. The van der Waals surface area contributed by atoms with E-state index in [1.165, 1.54) is 25.3 Å². The van der Waals surface area contributed by atoms with E-state index in [0.29, 0.717) is 6.42 Å². The molecule has 0 aromatic heterocycles. The number of carbonyl (C=O) groups excluding carboxylic acids is 2. The number of ether oxygens (including phenoxy) is 2. The molecule has 2 unspecified atom stereocenters. The molecule has 1 amide bonds. The first-order valence-electron chi connectivity index (χ1n) is 8.06. The van der Waals surface area contributed by atoms with Gasteiger partial charge in [-0.3, -0.25) is 19.7 Å². The Bertz CT molecular complexity index is 613. The monoisotopic (exact) mass is 352 g/mol. The van der Waals surface area contributed by atoms with Crippen LogP contribution in [0.1, 0.15) is 45.2 Å². The van der Waals surface area contributed by atoms with Crippen molar-refractivity contribution in [1.82, 2.24) is 5.32 Å². The van der Waals surface area contributed by atoms with E-state index in [4.69, 9.17) is 9.47 Å². The maximum atomic E-state index is 12.3. The van der Waals surface area contributed by atoms with Gasteiger partial charge in [-0.1, -0.05) is 25.1 Å². The number of methoxy groups -OCH3 is 1. The van der Waals surface area contributed by atoms with Crippen molar-refractivity contribution in [2.24, 2.45) is 0 Å². The second kappa shape index (κ2) is 9.73. The Morgan fingerprint density at radius 1 is 1.28 bits per heavy atom. The topological polar surface area (TPSA) is 108 Å². The number of rotatable bonds is 9. The van der Waals surface area contributed by atoms with Crippen LogP contribution in [0.4, 0.5) is 5.69 Å². The summed E-state index contributed by atoms with van der Waals surface area (Å²) in [5.41, 5.74) is 0.0723. The Morgan fingerprint density at radius 3 is 2.44 bits per heavy atom. The van der Waals surface area contributed by atoms with E-state index < -0.39 is 28.9 Å². The molecule has 25 heavy (non-hydrogen) atoms. The summed E-state index contributed by atoms with van der Waals surface area (Å²) in [6.45, 7) is 5.18. The van der Waals surface area contributed by atoms with Crippen LogP contribution in [0, 0.1) is 10.1 Å². The summed E-state index contributed by atoms with van der Waals surface area (Å²) < 4.78 is 10.2. The van der Waals surface area contributed by atoms with Gasteiger partial charge in [0.1, 0.15) is 6.10 Å². The number of nitrogens with zero attached hydrogens (tertiary/aromatic N) is 1. The van der Waals surface area contributed by atoms with Crippen LogP contribution in [0.3, 0.4) is 0 Å². The molecule has 8 heteroatoms. The minimum absolute atomic E-state index is 0.171. The molecule has 1 N–H and O–H groups in total. The van der Waals surface area contributed by atoms with Crippen LogP contribution in [-0.4, -0.2) is 36.1 Å². The first kappa shape index (κ1) is 20.6. The molecule has 0 saturated carbocycles. The summed E-state index contributed by atoms with van der Waals surface area (Å²) >= 11 is 0. The quantitative estimate of drug-likeness (QED) is 0.416. The first-order chi connectivity index (χ1) is 11.8. The number of para-hydroxylation sites is 1. The lowest BCUT2D eigenvalue weighted by molar-refractivity contribution is -0.385. The van der Waals surface area contributed by atoms with E-state index in [9.17, 15) is 19.7 Å². The fourth-order valence-electron chi connectivity index (χ4n) is 2.39. The smallest absolute Gasteiger partial charge is 0.308 e.